The van der Waals surface area contributed by atoms with E-state index in [1.54, 1.807) is 6.92 Å². The monoisotopic (exact) mass is 184 g/mol. The largest absolute Gasteiger partial charge is 0.392 e. The minimum Gasteiger partial charge on any atom is -0.392 e. The molecular weight excluding hydrogens is 172 g/mol. The zero-order valence-electron chi connectivity index (χ0n) is 7.07. The molecule has 0 saturated heterocycles. The molecule has 0 fully saturated rings. The molecule has 1 aromatic rings. The lowest BCUT2D eigenvalue weighted by Gasteiger charge is -2.11. The predicted octanol–water partition coefficient (Wildman–Crippen LogP) is 2.22. The molecule has 1 N–H and O–H groups in total. The van der Waals surface area contributed by atoms with Crippen LogP contribution in [0.15, 0.2) is 30.3 Å². The van der Waals surface area contributed by atoms with E-state index in [-0.39, 0.29) is 5.38 Å². The minimum atomic E-state index is -0.452. The highest BCUT2D eigenvalue weighted by Crippen LogP contribution is 2.10. The summed E-state index contributed by atoms with van der Waals surface area (Å²) in [4.78, 5) is 0. The number of hydrogen-bond acceptors (Lipinski definition) is 1. The number of alkyl halides is 1. The van der Waals surface area contributed by atoms with Crippen LogP contribution in [0.25, 0.3) is 0 Å². The minimum absolute atomic E-state index is 0.188. The maximum Gasteiger partial charge on any atom is 0.0678 e. The summed E-state index contributed by atoms with van der Waals surface area (Å²) >= 11 is 5.90. The van der Waals surface area contributed by atoms with Gasteiger partial charge in [-0.3, -0.25) is 0 Å². The molecule has 0 saturated carbocycles. The molecular formula is C10H13ClO. The molecule has 1 nitrogen and oxygen atoms in total. The van der Waals surface area contributed by atoms with Gasteiger partial charge in [0.1, 0.15) is 0 Å². The standard InChI is InChI=1S/C10H13ClO/c1-8(12)10(11)7-9-5-3-2-4-6-9/h2-6,8,10,12H,7H2,1H3/t8-,10-/m1/s1. The molecule has 2 heteroatoms. The van der Waals surface area contributed by atoms with E-state index in [0.717, 1.165) is 6.42 Å². The molecule has 0 bridgehead atoms. The second-order valence-corrected chi connectivity index (χ2v) is 3.51. The molecule has 1 aromatic carbocycles. The SMILES string of the molecule is C[C@@H](O)[C@H](Cl)Cc1ccccc1. The summed E-state index contributed by atoms with van der Waals surface area (Å²) in [6, 6.07) is 9.94. The lowest BCUT2D eigenvalue weighted by molar-refractivity contribution is 0.188. The van der Waals surface area contributed by atoms with Crippen molar-refractivity contribution in [2.75, 3.05) is 0 Å². The smallest absolute Gasteiger partial charge is 0.0678 e. The average molecular weight is 185 g/mol. The van der Waals surface area contributed by atoms with Gasteiger partial charge in [0.25, 0.3) is 0 Å². The van der Waals surface area contributed by atoms with E-state index in [9.17, 15) is 0 Å². The fourth-order valence-corrected chi connectivity index (χ4v) is 1.19. The molecule has 12 heavy (non-hydrogen) atoms. The van der Waals surface area contributed by atoms with Crippen molar-refractivity contribution in [2.24, 2.45) is 0 Å². The number of aliphatic hydroxyl groups is 1. The Balaban J connectivity index is 2.53. The normalized spacial score (nSPS) is 15.6. The maximum absolute atomic E-state index is 9.15. The van der Waals surface area contributed by atoms with E-state index in [1.165, 1.54) is 5.56 Å². The Labute approximate surface area is 78.0 Å². The van der Waals surface area contributed by atoms with Crippen LogP contribution < -0.4 is 0 Å². The van der Waals surface area contributed by atoms with Crippen molar-refractivity contribution in [3.8, 4) is 0 Å². The maximum atomic E-state index is 9.15. The number of halogens is 1. The lowest BCUT2D eigenvalue weighted by atomic mass is 10.1. The highest BCUT2D eigenvalue weighted by atomic mass is 35.5. The summed E-state index contributed by atoms with van der Waals surface area (Å²) < 4.78 is 0. The van der Waals surface area contributed by atoms with Crippen LogP contribution in [0.4, 0.5) is 0 Å². The van der Waals surface area contributed by atoms with Gasteiger partial charge in [0.05, 0.1) is 11.5 Å². The van der Waals surface area contributed by atoms with Crippen LogP contribution in [0.2, 0.25) is 0 Å². The molecule has 0 amide bonds. The van der Waals surface area contributed by atoms with Gasteiger partial charge in [-0.25, -0.2) is 0 Å². The van der Waals surface area contributed by atoms with Crippen molar-refractivity contribution >= 4 is 11.6 Å². The van der Waals surface area contributed by atoms with E-state index in [4.69, 9.17) is 16.7 Å². The van der Waals surface area contributed by atoms with Crippen molar-refractivity contribution < 1.29 is 5.11 Å². The Bertz CT molecular complexity index is 221. The molecule has 0 aromatic heterocycles. The quantitative estimate of drug-likeness (QED) is 0.715. The van der Waals surface area contributed by atoms with Crippen LogP contribution in [-0.2, 0) is 6.42 Å². The molecule has 66 valence electrons. The zero-order valence-corrected chi connectivity index (χ0v) is 7.83. The van der Waals surface area contributed by atoms with E-state index < -0.39 is 6.10 Å². The molecule has 0 heterocycles. The van der Waals surface area contributed by atoms with Gasteiger partial charge in [-0.1, -0.05) is 30.3 Å². The van der Waals surface area contributed by atoms with Crippen molar-refractivity contribution in [3.63, 3.8) is 0 Å². The van der Waals surface area contributed by atoms with E-state index in [1.807, 2.05) is 30.3 Å². The first-order chi connectivity index (χ1) is 5.70. The second-order valence-electron chi connectivity index (χ2n) is 2.95. The summed E-state index contributed by atoms with van der Waals surface area (Å²) in [5.41, 5.74) is 1.17. The first-order valence-electron chi connectivity index (χ1n) is 4.06. The summed E-state index contributed by atoms with van der Waals surface area (Å²) in [5.74, 6) is 0. The highest BCUT2D eigenvalue weighted by Gasteiger charge is 2.10. The third-order valence-corrected chi connectivity index (χ3v) is 2.32. The third-order valence-electron chi connectivity index (χ3n) is 1.80. The van der Waals surface area contributed by atoms with E-state index in [2.05, 4.69) is 0 Å². The van der Waals surface area contributed by atoms with Gasteiger partial charge in [-0.05, 0) is 18.9 Å². The van der Waals surface area contributed by atoms with Crippen molar-refractivity contribution in [1.82, 2.24) is 0 Å². The van der Waals surface area contributed by atoms with Gasteiger partial charge in [0.2, 0.25) is 0 Å². The van der Waals surface area contributed by atoms with Crippen LogP contribution >= 0.6 is 11.6 Å². The molecule has 0 aliphatic carbocycles. The molecule has 0 unspecified atom stereocenters. The Morgan fingerprint density at radius 2 is 1.92 bits per heavy atom. The van der Waals surface area contributed by atoms with Crippen LogP contribution in [0.5, 0.6) is 0 Å². The molecule has 0 spiro atoms. The highest BCUT2D eigenvalue weighted by molar-refractivity contribution is 6.21. The lowest BCUT2D eigenvalue weighted by Crippen LogP contribution is -2.18. The van der Waals surface area contributed by atoms with Gasteiger partial charge >= 0.3 is 0 Å². The molecule has 0 radical (unpaired) electrons. The third kappa shape index (κ3) is 2.84. The van der Waals surface area contributed by atoms with Gasteiger partial charge in [-0.2, -0.15) is 0 Å². The summed E-state index contributed by atoms with van der Waals surface area (Å²) in [5, 5.41) is 8.96. The van der Waals surface area contributed by atoms with Crippen LogP contribution in [0, 0.1) is 0 Å². The Hall–Kier alpha value is -0.530. The first-order valence-corrected chi connectivity index (χ1v) is 4.50. The molecule has 2 atom stereocenters. The van der Waals surface area contributed by atoms with Crippen molar-refractivity contribution in [1.29, 1.82) is 0 Å². The van der Waals surface area contributed by atoms with Crippen LogP contribution in [-0.4, -0.2) is 16.6 Å². The fraction of sp³-hybridized carbons (Fsp3) is 0.400. The molecule has 0 aliphatic rings. The predicted molar refractivity (Wildman–Crippen MR) is 51.5 cm³/mol. The van der Waals surface area contributed by atoms with Crippen LogP contribution in [0.1, 0.15) is 12.5 Å². The number of benzene rings is 1. The van der Waals surface area contributed by atoms with Gasteiger partial charge in [0, 0.05) is 0 Å². The van der Waals surface area contributed by atoms with Gasteiger partial charge in [0.15, 0.2) is 0 Å². The Kier molecular flexibility index (Phi) is 3.57. The molecule has 1 rings (SSSR count). The fourth-order valence-electron chi connectivity index (χ4n) is 1.01. The number of rotatable bonds is 3. The summed E-state index contributed by atoms with van der Waals surface area (Å²) in [7, 11) is 0. The first kappa shape index (κ1) is 9.56. The topological polar surface area (TPSA) is 20.2 Å². The average Bonchev–Trinajstić information content (AvgIpc) is 2.06. The van der Waals surface area contributed by atoms with E-state index >= 15 is 0 Å². The number of aliphatic hydroxyl groups excluding tert-OH is 1. The van der Waals surface area contributed by atoms with E-state index in [0.29, 0.717) is 0 Å². The molecule has 0 aliphatic heterocycles. The summed E-state index contributed by atoms with van der Waals surface area (Å²) in [6.45, 7) is 1.71. The zero-order chi connectivity index (χ0) is 8.97. The Morgan fingerprint density at radius 3 is 2.42 bits per heavy atom. The van der Waals surface area contributed by atoms with Gasteiger partial charge in [-0.15, -0.1) is 11.6 Å². The van der Waals surface area contributed by atoms with Crippen molar-refractivity contribution in [2.45, 2.75) is 24.8 Å². The number of hydrogen-bond donors (Lipinski definition) is 1. The van der Waals surface area contributed by atoms with Gasteiger partial charge < -0.3 is 5.11 Å². The Morgan fingerprint density at radius 1 is 1.33 bits per heavy atom. The van der Waals surface area contributed by atoms with Crippen LogP contribution in [0.3, 0.4) is 0 Å². The second kappa shape index (κ2) is 4.48. The summed E-state index contributed by atoms with van der Waals surface area (Å²) in [6.07, 6.45) is 0.270. The van der Waals surface area contributed by atoms with Crippen molar-refractivity contribution in [3.05, 3.63) is 35.9 Å².